The van der Waals surface area contributed by atoms with Crippen molar-refractivity contribution in [2.24, 2.45) is 0 Å². The molecule has 1 rings (SSSR count). The van der Waals surface area contributed by atoms with Crippen LogP contribution in [0.3, 0.4) is 0 Å². The third kappa shape index (κ3) is 17.2. The highest BCUT2D eigenvalue weighted by Crippen LogP contribution is 2.13. The Bertz CT molecular complexity index is 500. The number of carbonyl (C=O) groups excluding carboxylic acids is 3. The molecule has 0 aromatic carbocycles. The predicted octanol–water partition coefficient (Wildman–Crippen LogP) is 5.41. The van der Waals surface area contributed by atoms with Crippen molar-refractivity contribution < 1.29 is 29.0 Å². The quantitative estimate of drug-likeness (QED) is 0.154. The zero-order valence-corrected chi connectivity index (χ0v) is 19.1. The molecule has 30 heavy (non-hydrogen) atoms. The van der Waals surface area contributed by atoms with Crippen molar-refractivity contribution in [1.82, 2.24) is 0 Å². The molecular formula is C24H42O6. The van der Waals surface area contributed by atoms with Crippen LogP contribution in [0.4, 0.5) is 0 Å². The highest BCUT2D eigenvalue weighted by molar-refractivity contribution is 5.95. The van der Waals surface area contributed by atoms with Gasteiger partial charge in [-0.3, -0.25) is 4.79 Å². The lowest BCUT2D eigenvalue weighted by Crippen LogP contribution is -2.11. The topological polar surface area (TPSA) is 89.9 Å². The van der Waals surface area contributed by atoms with Crippen LogP contribution < -0.4 is 0 Å². The van der Waals surface area contributed by atoms with Gasteiger partial charge in [-0.25, -0.2) is 9.59 Å². The molecule has 0 aromatic heterocycles. The summed E-state index contributed by atoms with van der Waals surface area (Å²) < 4.78 is 9.02. The highest BCUT2D eigenvalue weighted by Gasteiger charge is 2.30. The van der Waals surface area contributed by atoms with Crippen LogP contribution in [0, 0.1) is 0 Å². The molecule has 0 spiro atoms. The Kier molecular flexibility index (Phi) is 18.2. The molecule has 1 heterocycles. The third-order valence-corrected chi connectivity index (χ3v) is 4.93. The first kappa shape index (κ1) is 28.3. The highest BCUT2D eigenvalue weighted by atomic mass is 16.6. The first-order chi connectivity index (χ1) is 14.4. The molecule has 0 aromatic rings. The fourth-order valence-corrected chi connectivity index (χ4v) is 3.05. The first-order valence-electron chi connectivity index (χ1n) is 11.6. The fraction of sp³-hybridized carbons (Fsp3) is 0.792. The lowest BCUT2D eigenvalue weighted by Gasteiger charge is -2.04. The van der Waals surface area contributed by atoms with Gasteiger partial charge in [-0.05, 0) is 13.3 Å². The molecule has 174 valence electrons. The average molecular weight is 427 g/mol. The predicted molar refractivity (Wildman–Crippen MR) is 118 cm³/mol. The molecule has 0 saturated carbocycles. The van der Waals surface area contributed by atoms with Gasteiger partial charge in [-0.1, -0.05) is 97.0 Å². The zero-order chi connectivity index (χ0) is 22.6. The van der Waals surface area contributed by atoms with Crippen molar-refractivity contribution in [2.45, 2.75) is 116 Å². The van der Waals surface area contributed by atoms with Crippen LogP contribution >= 0.6 is 0 Å². The first-order valence-corrected chi connectivity index (χ1v) is 11.6. The van der Waals surface area contributed by atoms with E-state index in [-0.39, 0.29) is 12.4 Å². The van der Waals surface area contributed by atoms with E-state index >= 15 is 0 Å². The van der Waals surface area contributed by atoms with Gasteiger partial charge in [0.15, 0.2) is 6.10 Å². The Labute approximate surface area is 182 Å². The summed E-state index contributed by atoms with van der Waals surface area (Å²) >= 11 is 0. The molecule has 0 bridgehead atoms. The molecule has 0 radical (unpaired) electrons. The zero-order valence-electron chi connectivity index (χ0n) is 19.1. The van der Waals surface area contributed by atoms with Crippen molar-refractivity contribution in [3.8, 4) is 0 Å². The summed E-state index contributed by atoms with van der Waals surface area (Å²) in [5.74, 6) is -1.74. The van der Waals surface area contributed by atoms with Crippen LogP contribution in [0.1, 0.15) is 110 Å². The maximum Gasteiger partial charge on any atom is 0.343 e. The monoisotopic (exact) mass is 426 g/mol. The molecule has 0 aliphatic carbocycles. The van der Waals surface area contributed by atoms with Crippen LogP contribution in [0.2, 0.25) is 0 Å². The van der Waals surface area contributed by atoms with Gasteiger partial charge < -0.3 is 14.6 Å². The minimum Gasteiger partial charge on any atom is -0.462 e. The third-order valence-electron chi connectivity index (χ3n) is 4.93. The number of ether oxygens (including phenoxy) is 2. The number of esters is 3. The smallest absolute Gasteiger partial charge is 0.343 e. The van der Waals surface area contributed by atoms with Crippen LogP contribution in [0.5, 0.6) is 0 Å². The van der Waals surface area contributed by atoms with Gasteiger partial charge in [0, 0.05) is 5.57 Å². The van der Waals surface area contributed by atoms with Gasteiger partial charge in [0.2, 0.25) is 0 Å². The Morgan fingerprint density at radius 3 is 1.67 bits per heavy atom. The van der Waals surface area contributed by atoms with E-state index in [1.165, 1.54) is 83.5 Å². The second-order valence-corrected chi connectivity index (χ2v) is 8.03. The van der Waals surface area contributed by atoms with Crippen molar-refractivity contribution in [2.75, 3.05) is 6.61 Å². The van der Waals surface area contributed by atoms with E-state index in [1.54, 1.807) is 6.92 Å². The van der Waals surface area contributed by atoms with Gasteiger partial charge in [0.05, 0.1) is 13.0 Å². The number of hydrogen-bond donors (Lipinski definition) is 1. The molecule has 1 N–H and O–H groups in total. The van der Waals surface area contributed by atoms with Crippen molar-refractivity contribution >= 4 is 17.9 Å². The Hall–Kier alpha value is -1.69. The SMILES string of the molecule is C=C(C)C(=O)OCCCCCCCCCCCCCCCC.O=C1CC(O)C(=O)O1. The number of carbonyl (C=O) groups is 3. The molecule has 6 nitrogen and oxygen atoms in total. The summed E-state index contributed by atoms with van der Waals surface area (Å²) in [5.41, 5.74) is 0.491. The van der Waals surface area contributed by atoms with Crippen LogP contribution in [-0.4, -0.2) is 35.7 Å². The van der Waals surface area contributed by atoms with Crippen molar-refractivity contribution in [3.63, 3.8) is 0 Å². The number of aliphatic hydroxyl groups is 1. The van der Waals surface area contributed by atoms with Crippen LogP contribution in [0.15, 0.2) is 12.2 Å². The Balaban J connectivity index is 0.000000867. The minimum absolute atomic E-state index is 0.196. The molecule has 1 aliphatic rings. The van der Waals surface area contributed by atoms with Gasteiger partial charge in [0.1, 0.15) is 0 Å². The van der Waals surface area contributed by atoms with Gasteiger partial charge >= 0.3 is 17.9 Å². The molecule has 1 unspecified atom stereocenters. The number of rotatable bonds is 16. The van der Waals surface area contributed by atoms with E-state index in [0.29, 0.717) is 12.2 Å². The summed E-state index contributed by atoms with van der Waals surface area (Å²) in [6.07, 6.45) is 17.4. The van der Waals surface area contributed by atoms with Crippen LogP contribution in [-0.2, 0) is 23.9 Å². The lowest BCUT2D eigenvalue weighted by atomic mass is 10.0. The van der Waals surface area contributed by atoms with Gasteiger partial charge in [0.25, 0.3) is 0 Å². The Morgan fingerprint density at radius 2 is 1.37 bits per heavy atom. The normalized spacial score (nSPS) is 15.4. The standard InChI is InChI=1S/C20H38O2.C4H4O4/c1-4-5-6-7-8-9-10-11-12-13-14-15-16-17-18-22-20(21)19(2)3;5-2-1-3(6)8-4(2)7/h2,4-18H2,1,3H3;2,5H,1H2. The number of cyclic esters (lactones) is 2. The average Bonchev–Trinajstić information content (AvgIpc) is 3.00. The maximum absolute atomic E-state index is 11.2. The summed E-state index contributed by atoms with van der Waals surface area (Å²) in [6.45, 7) is 8.07. The Morgan fingerprint density at radius 1 is 0.933 bits per heavy atom. The van der Waals surface area contributed by atoms with E-state index in [4.69, 9.17) is 9.84 Å². The minimum atomic E-state index is -1.22. The largest absolute Gasteiger partial charge is 0.462 e. The molecule has 1 saturated heterocycles. The van der Waals surface area contributed by atoms with Crippen molar-refractivity contribution in [1.29, 1.82) is 0 Å². The maximum atomic E-state index is 11.2. The number of unbranched alkanes of at least 4 members (excludes halogenated alkanes) is 13. The molecule has 0 amide bonds. The molecule has 1 fully saturated rings. The molecule has 1 aliphatic heterocycles. The van der Waals surface area contributed by atoms with Crippen molar-refractivity contribution in [3.05, 3.63) is 12.2 Å². The van der Waals surface area contributed by atoms with E-state index in [0.717, 1.165) is 6.42 Å². The summed E-state index contributed by atoms with van der Waals surface area (Å²) in [7, 11) is 0. The van der Waals surface area contributed by atoms with Crippen LogP contribution in [0.25, 0.3) is 0 Å². The van der Waals surface area contributed by atoms with E-state index in [1.807, 2.05) is 0 Å². The summed E-state index contributed by atoms with van der Waals surface area (Å²) in [5, 5.41) is 8.47. The lowest BCUT2D eigenvalue weighted by molar-refractivity contribution is -0.154. The number of aliphatic hydroxyl groups excluding tert-OH is 1. The van der Waals surface area contributed by atoms with E-state index in [2.05, 4.69) is 18.2 Å². The molecule has 6 heteroatoms. The second kappa shape index (κ2) is 19.3. The summed E-state index contributed by atoms with van der Waals surface area (Å²) in [4.78, 5) is 31.3. The summed E-state index contributed by atoms with van der Waals surface area (Å²) in [6, 6.07) is 0. The van der Waals surface area contributed by atoms with E-state index < -0.39 is 18.0 Å². The number of hydrogen-bond acceptors (Lipinski definition) is 6. The van der Waals surface area contributed by atoms with E-state index in [9.17, 15) is 14.4 Å². The molecule has 1 atom stereocenters. The molecular weight excluding hydrogens is 384 g/mol. The van der Waals surface area contributed by atoms with Gasteiger partial charge in [-0.15, -0.1) is 0 Å². The van der Waals surface area contributed by atoms with Gasteiger partial charge in [-0.2, -0.15) is 0 Å². The second-order valence-electron chi connectivity index (χ2n) is 8.03. The fourth-order valence-electron chi connectivity index (χ4n) is 3.05.